The van der Waals surface area contributed by atoms with Gasteiger partial charge in [0.15, 0.2) is 0 Å². The number of nitro groups is 1. The van der Waals surface area contributed by atoms with Crippen LogP contribution in [0.3, 0.4) is 0 Å². The first-order chi connectivity index (χ1) is 9.46. The normalized spacial score (nSPS) is 17.1. The number of rotatable bonds is 4. The summed E-state index contributed by atoms with van der Waals surface area (Å²) in [6.45, 7) is 3.01. The molecule has 1 aromatic rings. The van der Waals surface area contributed by atoms with E-state index in [0.29, 0.717) is 25.2 Å². The molecule has 1 saturated heterocycles. The van der Waals surface area contributed by atoms with Gasteiger partial charge in [0.2, 0.25) is 10.0 Å². The van der Waals surface area contributed by atoms with E-state index in [-0.39, 0.29) is 23.7 Å². The van der Waals surface area contributed by atoms with Crippen molar-refractivity contribution in [2.45, 2.75) is 18.2 Å². The minimum atomic E-state index is -3.69. The first kappa shape index (κ1) is 14.9. The lowest BCUT2D eigenvalue weighted by molar-refractivity contribution is -0.385. The summed E-state index contributed by atoms with van der Waals surface area (Å²) in [5.41, 5.74) is 0.373. The van der Waals surface area contributed by atoms with E-state index in [1.165, 1.54) is 16.4 Å². The predicted molar refractivity (Wildman–Crippen MR) is 72.1 cm³/mol. The molecule has 2 rings (SSSR count). The van der Waals surface area contributed by atoms with Crippen LogP contribution in [0.2, 0.25) is 0 Å². The third kappa shape index (κ3) is 2.82. The van der Waals surface area contributed by atoms with Crippen molar-refractivity contribution in [2.24, 2.45) is 0 Å². The Kier molecular flexibility index (Phi) is 4.36. The lowest BCUT2D eigenvalue weighted by Gasteiger charge is -2.26. The van der Waals surface area contributed by atoms with E-state index in [1.807, 2.05) is 0 Å². The Morgan fingerprint density at radius 2 is 2.00 bits per heavy atom. The van der Waals surface area contributed by atoms with Crippen LogP contribution in [-0.2, 0) is 21.2 Å². The van der Waals surface area contributed by atoms with Gasteiger partial charge in [0.1, 0.15) is 0 Å². The molecular formula is C12H16N2O5S. The van der Waals surface area contributed by atoms with Crippen LogP contribution in [0.4, 0.5) is 5.69 Å². The van der Waals surface area contributed by atoms with Crippen LogP contribution in [0.15, 0.2) is 23.1 Å². The largest absolute Gasteiger partial charge is 0.379 e. The number of nitrogens with zero attached hydrogens (tertiary/aromatic N) is 2. The van der Waals surface area contributed by atoms with Gasteiger partial charge in [-0.05, 0) is 12.5 Å². The standard InChI is InChI=1S/C12H16N2O5S/c1-2-10-3-4-11(9-12(10)14(15)16)20(17,18)13-5-7-19-8-6-13/h3-4,9H,2,5-8H2,1H3. The quantitative estimate of drug-likeness (QED) is 0.615. The van der Waals surface area contributed by atoms with E-state index in [0.717, 1.165) is 6.07 Å². The Hall–Kier alpha value is -1.51. The zero-order valence-corrected chi connectivity index (χ0v) is 11.9. The lowest BCUT2D eigenvalue weighted by Crippen LogP contribution is -2.40. The van der Waals surface area contributed by atoms with E-state index >= 15 is 0 Å². The van der Waals surface area contributed by atoms with Gasteiger partial charge in [-0.3, -0.25) is 10.1 Å². The maximum Gasteiger partial charge on any atom is 0.273 e. The van der Waals surface area contributed by atoms with Crippen molar-refractivity contribution in [3.8, 4) is 0 Å². The maximum absolute atomic E-state index is 12.4. The SMILES string of the molecule is CCc1ccc(S(=O)(=O)N2CCOCC2)cc1[N+](=O)[O-]. The van der Waals surface area contributed by atoms with Gasteiger partial charge in [-0.1, -0.05) is 13.0 Å². The summed E-state index contributed by atoms with van der Waals surface area (Å²) in [6, 6.07) is 4.08. The molecule has 1 aromatic carbocycles. The van der Waals surface area contributed by atoms with Crippen molar-refractivity contribution in [2.75, 3.05) is 26.3 Å². The van der Waals surface area contributed by atoms with Gasteiger partial charge in [-0.2, -0.15) is 4.31 Å². The van der Waals surface area contributed by atoms with Gasteiger partial charge in [0.05, 0.1) is 23.0 Å². The number of nitro benzene ring substituents is 1. The number of hydrogen-bond acceptors (Lipinski definition) is 5. The molecule has 0 bridgehead atoms. The molecule has 7 nitrogen and oxygen atoms in total. The van der Waals surface area contributed by atoms with Crippen molar-refractivity contribution in [1.82, 2.24) is 4.31 Å². The second-order valence-electron chi connectivity index (χ2n) is 4.42. The molecule has 0 spiro atoms. The van der Waals surface area contributed by atoms with Gasteiger partial charge in [-0.25, -0.2) is 8.42 Å². The van der Waals surface area contributed by atoms with Crippen molar-refractivity contribution >= 4 is 15.7 Å². The zero-order valence-electron chi connectivity index (χ0n) is 11.1. The molecule has 1 heterocycles. The smallest absolute Gasteiger partial charge is 0.273 e. The monoisotopic (exact) mass is 300 g/mol. The molecule has 0 aromatic heterocycles. The van der Waals surface area contributed by atoms with Crippen molar-refractivity contribution in [3.05, 3.63) is 33.9 Å². The van der Waals surface area contributed by atoms with E-state index in [2.05, 4.69) is 0 Å². The van der Waals surface area contributed by atoms with Crippen LogP contribution < -0.4 is 0 Å². The molecule has 0 aliphatic carbocycles. The molecule has 20 heavy (non-hydrogen) atoms. The highest BCUT2D eigenvalue weighted by Gasteiger charge is 2.28. The molecule has 0 N–H and O–H groups in total. The van der Waals surface area contributed by atoms with Gasteiger partial charge in [0.25, 0.3) is 5.69 Å². The fourth-order valence-electron chi connectivity index (χ4n) is 2.11. The van der Waals surface area contributed by atoms with E-state index in [9.17, 15) is 18.5 Å². The number of sulfonamides is 1. The second kappa shape index (κ2) is 5.86. The molecule has 0 saturated carbocycles. The van der Waals surface area contributed by atoms with Gasteiger partial charge >= 0.3 is 0 Å². The highest BCUT2D eigenvalue weighted by atomic mass is 32.2. The molecule has 110 valence electrons. The number of morpholine rings is 1. The topological polar surface area (TPSA) is 89.8 Å². The Labute approximate surface area is 117 Å². The summed E-state index contributed by atoms with van der Waals surface area (Å²) in [4.78, 5) is 10.4. The fraction of sp³-hybridized carbons (Fsp3) is 0.500. The van der Waals surface area contributed by atoms with Gasteiger partial charge in [-0.15, -0.1) is 0 Å². The summed E-state index contributed by atoms with van der Waals surface area (Å²) in [7, 11) is -3.69. The van der Waals surface area contributed by atoms with E-state index in [4.69, 9.17) is 4.74 Å². The minimum absolute atomic E-state index is 0.0386. The summed E-state index contributed by atoms with van der Waals surface area (Å²) < 4.78 is 31.2. The molecule has 1 aliphatic rings. The van der Waals surface area contributed by atoms with Crippen molar-refractivity contribution in [3.63, 3.8) is 0 Å². The Balaban J connectivity index is 2.41. The summed E-state index contributed by atoms with van der Waals surface area (Å²) in [5.74, 6) is 0. The Morgan fingerprint density at radius 1 is 1.35 bits per heavy atom. The molecule has 1 aliphatic heterocycles. The third-order valence-corrected chi connectivity index (χ3v) is 5.14. The third-order valence-electron chi connectivity index (χ3n) is 3.24. The number of benzene rings is 1. The summed E-state index contributed by atoms with van der Waals surface area (Å²) >= 11 is 0. The predicted octanol–water partition coefficient (Wildman–Crippen LogP) is 1.18. The Morgan fingerprint density at radius 3 is 2.55 bits per heavy atom. The van der Waals surface area contributed by atoms with Crippen LogP contribution in [0, 0.1) is 10.1 Å². The number of hydrogen-bond donors (Lipinski definition) is 0. The van der Waals surface area contributed by atoms with E-state index in [1.54, 1.807) is 6.92 Å². The average Bonchev–Trinajstić information content (AvgIpc) is 2.47. The summed E-state index contributed by atoms with van der Waals surface area (Å²) in [6.07, 6.45) is 0.480. The number of aryl methyl sites for hydroxylation is 1. The fourth-order valence-corrected chi connectivity index (χ4v) is 3.54. The molecule has 8 heteroatoms. The minimum Gasteiger partial charge on any atom is -0.379 e. The molecule has 0 amide bonds. The van der Waals surface area contributed by atoms with Gasteiger partial charge < -0.3 is 4.74 Å². The van der Waals surface area contributed by atoms with E-state index < -0.39 is 14.9 Å². The first-order valence-corrected chi connectivity index (χ1v) is 7.76. The Bertz CT molecular complexity index is 608. The van der Waals surface area contributed by atoms with Crippen LogP contribution in [0.25, 0.3) is 0 Å². The van der Waals surface area contributed by atoms with Crippen LogP contribution >= 0.6 is 0 Å². The molecular weight excluding hydrogens is 284 g/mol. The van der Waals surface area contributed by atoms with Crippen molar-refractivity contribution in [1.29, 1.82) is 0 Å². The maximum atomic E-state index is 12.4. The van der Waals surface area contributed by atoms with Gasteiger partial charge in [0, 0.05) is 24.7 Å². The second-order valence-corrected chi connectivity index (χ2v) is 6.36. The molecule has 0 atom stereocenters. The molecule has 0 unspecified atom stereocenters. The first-order valence-electron chi connectivity index (χ1n) is 6.32. The van der Waals surface area contributed by atoms with Crippen LogP contribution in [0.1, 0.15) is 12.5 Å². The number of ether oxygens (including phenoxy) is 1. The van der Waals surface area contributed by atoms with Crippen LogP contribution in [-0.4, -0.2) is 43.9 Å². The highest BCUT2D eigenvalue weighted by molar-refractivity contribution is 7.89. The molecule has 0 radical (unpaired) electrons. The summed E-state index contributed by atoms with van der Waals surface area (Å²) in [5, 5.41) is 11.0. The highest BCUT2D eigenvalue weighted by Crippen LogP contribution is 2.25. The van der Waals surface area contributed by atoms with Crippen LogP contribution in [0.5, 0.6) is 0 Å². The zero-order chi connectivity index (χ0) is 14.8. The lowest BCUT2D eigenvalue weighted by atomic mass is 10.1. The molecule has 1 fully saturated rings. The average molecular weight is 300 g/mol. The van der Waals surface area contributed by atoms with Crippen molar-refractivity contribution < 1.29 is 18.1 Å².